The Hall–Kier alpha value is -1.40. The Morgan fingerprint density at radius 3 is 2.79 bits per heavy atom. The number of hydrogen-bond acceptors (Lipinski definition) is 3. The van der Waals surface area contributed by atoms with Crippen LogP contribution in [0, 0.1) is 11.8 Å². The van der Waals surface area contributed by atoms with Gasteiger partial charge in [-0.1, -0.05) is 12.1 Å². The Balaban J connectivity index is 1.69. The zero-order chi connectivity index (χ0) is 17.3. The number of amides is 2. The molecule has 1 aromatic rings. The number of nitrogens with two attached hydrogens (primary N) is 1. The fourth-order valence-corrected chi connectivity index (χ4v) is 4.17. The van der Waals surface area contributed by atoms with Crippen LogP contribution in [0.15, 0.2) is 28.7 Å². The van der Waals surface area contributed by atoms with E-state index in [0.29, 0.717) is 18.9 Å². The van der Waals surface area contributed by atoms with Crippen molar-refractivity contribution >= 4 is 33.4 Å². The van der Waals surface area contributed by atoms with Crippen LogP contribution in [0.3, 0.4) is 0 Å². The summed E-state index contributed by atoms with van der Waals surface area (Å²) >= 11 is 3.49. The van der Waals surface area contributed by atoms with Crippen molar-refractivity contribution in [2.24, 2.45) is 17.6 Å². The van der Waals surface area contributed by atoms with Crippen LogP contribution in [-0.4, -0.2) is 42.4 Å². The number of carbonyl (C=O) groups is 2. The Morgan fingerprint density at radius 1 is 1.33 bits per heavy atom. The Morgan fingerprint density at radius 2 is 2.08 bits per heavy atom. The molecule has 3 rings (SSSR count). The van der Waals surface area contributed by atoms with Crippen molar-refractivity contribution in [3.63, 3.8) is 0 Å². The molecule has 2 heterocycles. The molecule has 2 saturated heterocycles. The van der Waals surface area contributed by atoms with Crippen LogP contribution in [0.25, 0.3) is 0 Å². The molecule has 2 N–H and O–H groups in total. The minimum atomic E-state index is -0.253. The molecule has 2 aliphatic rings. The predicted octanol–water partition coefficient (Wildman–Crippen LogP) is 2.39. The summed E-state index contributed by atoms with van der Waals surface area (Å²) in [7, 11) is 0. The zero-order valence-electron chi connectivity index (χ0n) is 14.0. The van der Waals surface area contributed by atoms with Gasteiger partial charge in [0.15, 0.2) is 0 Å². The quantitative estimate of drug-likeness (QED) is 0.856. The van der Waals surface area contributed by atoms with E-state index in [0.717, 1.165) is 36.1 Å². The minimum Gasteiger partial charge on any atom is -0.342 e. The van der Waals surface area contributed by atoms with Crippen molar-refractivity contribution in [3.8, 4) is 0 Å². The lowest BCUT2D eigenvalue weighted by atomic mass is 9.91. The van der Waals surface area contributed by atoms with Crippen molar-refractivity contribution in [2.45, 2.75) is 32.2 Å². The molecule has 2 aliphatic heterocycles. The molecule has 2 fully saturated rings. The van der Waals surface area contributed by atoms with E-state index in [1.165, 1.54) is 0 Å². The molecule has 0 radical (unpaired) electrons. The number of likely N-dealkylation sites (tertiary alicyclic amines) is 1. The summed E-state index contributed by atoms with van der Waals surface area (Å²) < 4.78 is 0.876. The number of para-hydroxylation sites is 1. The standard InChI is InChI=1S/C18H24BrN3O2/c1-12(20)13-5-4-8-21(10-13)18(24)14-9-17(23)22(11-14)16-7-3-2-6-15(16)19/h2-3,6-7,12-14H,4-5,8-11,20H2,1H3. The molecule has 0 saturated carbocycles. The highest BCUT2D eigenvalue weighted by atomic mass is 79.9. The number of rotatable bonds is 3. The number of benzene rings is 1. The van der Waals surface area contributed by atoms with Crippen LogP contribution in [-0.2, 0) is 9.59 Å². The second kappa shape index (κ2) is 7.23. The van der Waals surface area contributed by atoms with Gasteiger partial charge in [0.05, 0.1) is 11.6 Å². The number of carbonyl (C=O) groups excluding carboxylic acids is 2. The topological polar surface area (TPSA) is 66.6 Å². The number of anilines is 1. The van der Waals surface area contributed by atoms with Crippen LogP contribution >= 0.6 is 15.9 Å². The van der Waals surface area contributed by atoms with Crippen molar-refractivity contribution in [1.82, 2.24) is 4.90 Å². The molecule has 0 aromatic heterocycles. The molecular formula is C18H24BrN3O2. The maximum absolute atomic E-state index is 12.9. The van der Waals surface area contributed by atoms with Crippen LogP contribution in [0.1, 0.15) is 26.2 Å². The molecule has 0 spiro atoms. The van der Waals surface area contributed by atoms with Crippen LogP contribution < -0.4 is 10.6 Å². The highest BCUT2D eigenvalue weighted by Gasteiger charge is 2.39. The van der Waals surface area contributed by atoms with Crippen LogP contribution in [0.4, 0.5) is 5.69 Å². The fraction of sp³-hybridized carbons (Fsp3) is 0.556. The van der Waals surface area contributed by atoms with Gasteiger partial charge < -0.3 is 15.5 Å². The van der Waals surface area contributed by atoms with Crippen LogP contribution in [0.2, 0.25) is 0 Å². The van der Waals surface area contributed by atoms with E-state index < -0.39 is 0 Å². The summed E-state index contributed by atoms with van der Waals surface area (Å²) in [6.07, 6.45) is 2.36. The number of hydrogen-bond donors (Lipinski definition) is 1. The first-order valence-electron chi connectivity index (χ1n) is 8.56. The third kappa shape index (κ3) is 3.49. The van der Waals surface area contributed by atoms with Crippen molar-refractivity contribution in [2.75, 3.05) is 24.5 Å². The Kier molecular flexibility index (Phi) is 5.25. The predicted molar refractivity (Wildman–Crippen MR) is 97.6 cm³/mol. The number of nitrogens with zero attached hydrogens (tertiary/aromatic N) is 2. The van der Waals surface area contributed by atoms with Gasteiger partial charge >= 0.3 is 0 Å². The van der Waals surface area contributed by atoms with Gasteiger partial charge in [-0.15, -0.1) is 0 Å². The van der Waals surface area contributed by atoms with Crippen molar-refractivity contribution in [3.05, 3.63) is 28.7 Å². The first-order valence-corrected chi connectivity index (χ1v) is 9.36. The first kappa shape index (κ1) is 17.4. The molecule has 1 aromatic carbocycles. The van der Waals surface area contributed by atoms with Gasteiger partial charge in [-0.3, -0.25) is 9.59 Å². The molecule has 5 nitrogen and oxygen atoms in total. The first-order chi connectivity index (χ1) is 11.5. The third-order valence-electron chi connectivity index (χ3n) is 5.13. The summed E-state index contributed by atoms with van der Waals surface area (Å²) in [5.74, 6) is 0.222. The van der Waals surface area contributed by atoms with Gasteiger partial charge in [0.25, 0.3) is 0 Å². The van der Waals surface area contributed by atoms with Gasteiger partial charge in [0.1, 0.15) is 0 Å². The number of halogens is 1. The van der Waals surface area contributed by atoms with Gasteiger partial charge in [-0.05, 0) is 53.7 Å². The third-order valence-corrected chi connectivity index (χ3v) is 5.80. The van der Waals surface area contributed by atoms with E-state index in [4.69, 9.17) is 5.73 Å². The van der Waals surface area contributed by atoms with Crippen molar-refractivity contribution in [1.29, 1.82) is 0 Å². The molecular weight excluding hydrogens is 370 g/mol. The molecule has 0 bridgehead atoms. The van der Waals surface area contributed by atoms with Gasteiger partial charge in [0.2, 0.25) is 11.8 Å². The molecule has 0 aliphatic carbocycles. The van der Waals surface area contributed by atoms with Crippen LogP contribution in [0.5, 0.6) is 0 Å². The Labute approximate surface area is 151 Å². The highest BCUT2D eigenvalue weighted by molar-refractivity contribution is 9.10. The van der Waals surface area contributed by atoms with Gasteiger partial charge in [0, 0.05) is 36.6 Å². The molecule has 3 atom stereocenters. The van der Waals surface area contributed by atoms with E-state index in [-0.39, 0.29) is 23.8 Å². The highest BCUT2D eigenvalue weighted by Crippen LogP contribution is 2.32. The van der Waals surface area contributed by atoms with E-state index in [2.05, 4.69) is 15.9 Å². The summed E-state index contributed by atoms with van der Waals surface area (Å²) in [4.78, 5) is 28.9. The Bertz CT molecular complexity index is 634. The molecule has 130 valence electrons. The summed E-state index contributed by atoms with van der Waals surface area (Å²) in [6.45, 7) is 3.96. The van der Waals surface area contributed by atoms with Gasteiger partial charge in [-0.2, -0.15) is 0 Å². The van der Waals surface area contributed by atoms with Crippen molar-refractivity contribution < 1.29 is 9.59 Å². The summed E-state index contributed by atoms with van der Waals surface area (Å²) in [6, 6.07) is 7.74. The zero-order valence-corrected chi connectivity index (χ0v) is 15.5. The lowest BCUT2D eigenvalue weighted by Crippen LogP contribution is -2.47. The summed E-state index contributed by atoms with van der Waals surface area (Å²) in [5.41, 5.74) is 6.85. The normalized spacial score (nSPS) is 25.9. The lowest BCUT2D eigenvalue weighted by molar-refractivity contribution is -0.137. The average molecular weight is 394 g/mol. The second-order valence-corrected chi connectivity index (χ2v) is 7.76. The SMILES string of the molecule is CC(N)C1CCCN(C(=O)C2CC(=O)N(c3ccccc3Br)C2)C1. The molecule has 24 heavy (non-hydrogen) atoms. The second-order valence-electron chi connectivity index (χ2n) is 6.90. The maximum atomic E-state index is 12.9. The largest absolute Gasteiger partial charge is 0.342 e. The molecule has 3 unspecified atom stereocenters. The van der Waals surface area contributed by atoms with E-state index in [9.17, 15) is 9.59 Å². The number of piperidine rings is 1. The van der Waals surface area contributed by atoms with Gasteiger partial charge in [-0.25, -0.2) is 0 Å². The monoisotopic (exact) mass is 393 g/mol. The smallest absolute Gasteiger partial charge is 0.228 e. The lowest BCUT2D eigenvalue weighted by Gasteiger charge is -2.35. The minimum absolute atomic E-state index is 0.0148. The fourth-order valence-electron chi connectivity index (χ4n) is 3.67. The molecule has 6 heteroatoms. The van der Waals surface area contributed by atoms with E-state index in [1.54, 1.807) is 4.90 Å². The van der Waals surface area contributed by atoms with E-state index in [1.807, 2.05) is 36.1 Å². The maximum Gasteiger partial charge on any atom is 0.228 e. The van der Waals surface area contributed by atoms with E-state index >= 15 is 0 Å². The molecule has 2 amide bonds. The summed E-state index contributed by atoms with van der Waals surface area (Å²) in [5, 5.41) is 0. The average Bonchev–Trinajstić information content (AvgIpc) is 2.96.